The maximum atomic E-state index is 11.5. The Kier molecular flexibility index (Phi) is 9.13. The largest absolute Gasteiger partial charge is 0.480 e. The lowest BCUT2D eigenvalue weighted by molar-refractivity contribution is -0.143. The highest BCUT2D eigenvalue weighted by molar-refractivity contribution is 7.98. The number of hydrogen-bond donors (Lipinski definition) is 5. The van der Waals surface area contributed by atoms with Gasteiger partial charge in [0, 0.05) is 0 Å². The van der Waals surface area contributed by atoms with Gasteiger partial charge in [-0.05, 0) is 18.4 Å². The summed E-state index contributed by atoms with van der Waals surface area (Å²) < 4.78 is 0. The second-order valence-electron chi connectivity index (χ2n) is 4.23. The van der Waals surface area contributed by atoms with Crippen molar-refractivity contribution >= 4 is 35.5 Å². The van der Waals surface area contributed by atoms with E-state index < -0.39 is 48.7 Å². The Hall–Kier alpha value is -1.81. The molecule has 2 atom stereocenters. The first-order valence-electron chi connectivity index (χ1n) is 6.10. The molecule has 7 N–H and O–H groups in total. The summed E-state index contributed by atoms with van der Waals surface area (Å²) in [6, 6.07) is -2.15. The third-order valence-electron chi connectivity index (χ3n) is 2.43. The Bertz CT molecular complexity index is 404. The van der Waals surface area contributed by atoms with E-state index in [0.29, 0.717) is 12.2 Å². The van der Waals surface area contributed by atoms with Crippen LogP contribution < -0.4 is 22.1 Å². The number of nitrogens with one attached hydrogen (secondary N) is 2. The van der Waals surface area contributed by atoms with E-state index in [1.54, 1.807) is 11.8 Å². The Morgan fingerprint density at radius 1 is 1.29 bits per heavy atom. The van der Waals surface area contributed by atoms with E-state index in [2.05, 4.69) is 10.6 Å². The fourth-order valence-electron chi connectivity index (χ4n) is 1.32. The molecule has 0 aromatic heterocycles. The van der Waals surface area contributed by atoms with E-state index in [4.69, 9.17) is 16.6 Å². The van der Waals surface area contributed by atoms with E-state index in [9.17, 15) is 19.2 Å². The molecule has 0 aliphatic rings. The van der Waals surface area contributed by atoms with Crippen LogP contribution in [-0.2, 0) is 19.2 Å². The van der Waals surface area contributed by atoms with Gasteiger partial charge in [-0.2, -0.15) is 11.8 Å². The van der Waals surface area contributed by atoms with Crippen molar-refractivity contribution in [2.45, 2.75) is 24.9 Å². The monoisotopic (exact) mass is 320 g/mol. The Labute approximate surface area is 126 Å². The van der Waals surface area contributed by atoms with Gasteiger partial charge in [0.1, 0.15) is 6.04 Å². The van der Waals surface area contributed by atoms with Crippen LogP contribution in [0.15, 0.2) is 0 Å². The number of carbonyl (C=O) groups excluding carboxylic acids is 3. The van der Waals surface area contributed by atoms with Gasteiger partial charge in [-0.3, -0.25) is 14.4 Å². The van der Waals surface area contributed by atoms with Gasteiger partial charge < -0.3 is 27.2 Å². The first kappa shape index (κ1) is 19.2. The average molecular weight is 320 g/mol. The number of rotatable bonds is 10. The van der Waals surface area contributed by atoms with Gasteiger partial charge in [0.15, 0.2) is 0 Å². The predicted molar refractivity (Wildman–Crippen MR) is 77.4 cm³/mol. The van der Waals surface area contributed by atoms with Gasteiger partial charge >= 0.3 is 5.97 Å². The number of primary amides is 1. The average Bonchev–Trinajstić information content (AvgIpc) is 2.40. The van der Waals surface area contributed by atoms with Crippen LogP contribution in [0.25, 0.3) is 0 Å². The smallest absolute Gasteiger partial charge is 0.326 e. The molecule has 9 nitrogen and oxygen atoms in total. The molecule has 21 heavy (non-hydrogen) atoms. The standard InChI is InChI=1S/C11H20N4O5S/c1-21-3-2-6(12)10(18)14-5-9(17)15-7(11(19)20)4-8(13)16/h6-7H,2-5,12H2,1H3,(H2,13,16)(H,14,18)(H,15,17)(H,19,20)/t6-,7-/m0/s1. The summed E-state index contributed by atoms with van der Waals surface area (Å²) in [5.41, 5.74) is 10.5. The molecule has 0 spiro atoms. The number of carbonyl (C=O) groups is 4. The third-order valence-corrected chi connectivity index (χ3v) is 3.08. The van der Waals surface area contributed by atoms with E-state index in [1.165, 1.54) is 0 Å². The molecule has 0 saturated carbocycles. The molecule has 0 rings (SSSR count). The van der Waals surface area contributed by atoms with Crippen LogP contribution in [0.1, 0.15) is 12.8 Å². The molecular weight excluding hydrogens is 300 g/mol. The van der Waals surface area contributed by atoms with Crippen LogP contribution in [0.3, 0.4) is 0 Å². The van der Waals surface area contributed by atoms with E-state index in [1.807, 2.05) is 6.26 Å². The summed E-state index contributed by atoms with van der Waals surface area (Å²) in [5.74, 6) is -2.77. The van der Waals surface area contributed by atoms with E-state index in [0.717, 1.165) is 0 Å². The second kappa shape index (κ2) is 10.00. The van der Waals surface area contributed by atoms with Crippen LogP contribution in [0.2, 0.25) is 0 Å². The van der Waals surface area contributed by atoms with Crippen molar-refractivity contribution in [3.63, 3.8) is 0 Å². The number of amides is 3. The molecule has 3 amide bonds. The molecule has 0 aliphatic heterocycles. The predicted octanol–water partition coefficient (Wildman–Crippen LogP) is -2.37. The molecule has 0 heterocycles. The lowest BCUT2D eigenvalue weighted by Crippen LogP contribution is -2.49. The van der Waals surface area contributed by atoms with Crippen molar-refractivity contribution < 1.29 is 24.3 Å². The zero-order valence-corrected chi connectivity index (χ0v) is 12.4. The van der Waals surface area contributed by atoms with Crippen molar-refractivity contribution in [1.82, 2.24) is 10.6 Å². The van der Waals surface area contributed by atoms with Gasteiger partial charge in [0.2, 0.25) is 17.7 Å². The van der Waals surface area contributed by atoms with Gasteiger partial charge in [-0.1, -0.05) is 0 Å². The molecule has 0 unspecified atom stereocenters. The van der Waals surface area contributed by atoms with E-state index >= 15 is 0 Å². The van der Waals surface area contributed by atoms with Crippen LogP contribution in [0.4, 0.5) is 0 Å². The van der Waals surface area contributed by atoms with E-state index in [-0.39, 0.29) is 0 Å². The summed E-state index contributed by atoms with van der Waals surface area (Å²) in [6.07, 6.45) is 1.82. The number of hydrogen-bond acceptors (Lipinski definition) is 6. The summed E-state index contributed by atoms with van der Waals surface area (Å²) in [4.78, 5) is 44.5. The number of thioether (sulfide) groups is 1. The molecule has 0 radical (unpaired) electrons. The van der Waals surface area contributed by atoms with Crippen molar-refractivity contribution in [3.05, 3.63) is 0 Å². The van der Waals surface area contributed by atoms with Gasteiger partial charge in [-0.25, -0.2) is 4.79 Å². The molecule has 0 aliphatic carbocycles. The maximum Gasteiger partial charge on any atom is 0.326 e. The molecule has 0 aromatic rings. The maximum absolute atomic E-state index is 11.5. The van der Waals surface area contributed by atoms with Gasteiger partial charge in [0.05, 0.1) is 19.0 Å². The number of carboxylic acid groups (broad SMARTS) is 1. The van der Waals surface area contributed by atoms with Gasteiger partial charge in [0.25, 0.3) is 0 Å². The fourth-order valence-corrected chi connectivity index (χ4v) is 1.81. The zero-order chi connectivity index (χ0) is 16.4. The first-order chi connectivity index (χ1) is 9.77. The topological polar surface area (TPSA) is 165 Å². The minimum atomic E-state index is -1.42. The van der Waals surface area contributed by atoms with Crippen molar-refractivity contribution in [2.75, 3.05) is 18.6 Å². The third kappa shape index (κ3) is 8.87. The molecule has 0 saturated heterocycles. The Morgan fingerprint density at radius 2 is 1.90 bits per heavy atom. The fraction of sp³-hybridized carbons (Fsp3) is 0.636. The SMILES string of the molecule is CSCC[C@H](N)C(=O)NCC(=O)N[C@@H](CC(N)=O)C(=O)O. The quantitative estimate of drug-likeness (QED) is 0.300. The molecule has 10 heteroatoms. The molecule has 0 fully saturated rings. The number of aliphatic carboxylic acids is 1. The summed E-state index contributed by atoms with van der Waals surface area (Å²) in [5, 5.41) is 13.2. The van der Waals surface area contributed by atoms with Crippen molar-refractivity contribution in [3.8, 4) is 0 Å². The van der Waals surface area contributed by atoms with Crippen LogP contribution in [0.5, 0.6) is 0 Å². The summed E-state index contributed by atoms with van der Waals surface area (Å²) in [6.45, 7) is -0.422. The van der Waals surface area contributed by atoms with Crippen molar-refractivity contribution in [1.29, 1.82) is 0 Å². The Morgan fingerprint density at radius 3 is 2.38 bits per heavy atom. The molecular formula is C11H20N4O5S. The van der Waals surface area contributed by atoms with Crippen LogP contribution >= 0.6 is 11.8 Å². The molecule has 0 bridgehead atoms. The van der Waals surface area contributed by atoms with Crippen LogP contribution in [0, 0.1) is 0 Å². The zero-order valence-electron chi connectivity index (χ0n) is 11.6. The number of carboxylic acids is 1. The minimum absolute atomic E-state index is 0.422. The molecule has 120 valence electrons. The summed E-state index contributed by atoms with van der Waals surface area (Å²) in [7, 11) is 0. The minimum Gasteiger partial charge on any atom is -0.480 e. The lowest BCUT2D eigenvalue weighted by Gasteiger charge is -2.14. The lowest BCUT2D eigenvalue weighted by atomic mass is 10.2. The normalized spacial score (nSPS) is 13.0. The van der Waals surface area contributed by atoms with Crippen molar-refractivity contribution in [2.24, 2.45) is 11.5 Å². The van der Waals surface area contributed by atoms with Gasteiger partial charge in [-0.15, -0.1) is 0 Å². The number of nitrogens with two attached hydrogens (primary N) is 2. The highest BCUT2D eigenvalue weighted by Crippen LogP contribution is 1.98. The highest BCUT2D eigenvalue weighted by atomic mass is 32.2. The highest BCUT2D eigenvalue weighted by Gasteiger charge is 2.22. The summed E-state index contributed by atoms with van der Waals surface area (Å²) >= 11 is 1.54. The molecule has 0 aromatic carbocycles. The second-order valence-corrected chi connectivity index (χ2v) is 5.22. The Balaban J connectivity index is 4.21. The van der Waals surface area contributed by atoms with Crippen LogP contribution in [-0.4, -0.2) is 59.4 Å². The first-order valence-corrected chi connectivity index (χ1v) is 7.50.